The predicted molar refractivity (Wildman–Crippen MR) is 86.2 cm³/mol. The molecule has 0 unspecified atom stereocenters. The van der Waals surface area contributed by atoms with Gasteiger partial charge in [0.15, 0.2) is 0 Å². The minimum Gasteiger partial charge on any atom is -0.460 e. The molecule has 0 radical (unpaired) electrons. The lowest BCUT2D eigenvalue weighted by Crippen LogP contribution is -1.95. The highest BCUT2D eigenvalue weighted by Crippen LogP contribution is 2.36. The first kappa shape index (κ1) is 15.0. The Morgan fingerprint density at radius 2 is 1.64 bits per heavy atom. The zero-order chi connectivity index (χ0) is 16.0. The van der Waals surface area contributed by atoms with E-state index in [4.69, 9.17) is 4.42 Å². The van der Waals surface area contributed by atoms with E-state index in [0.29, 0.717) is 15.6 Å². The molecule has 22 heavy (non-hydrogen) atoms. The largest absolute Gasteiger partial charge is 0.460 e. The van der Waals surface area contributed by atoms with Crippen molar-refractivity contribution in [3.05, 3.63) is 58.6 Å². The molecule has 0 saturated heterocycles. The predicted octanol–water partition coefficient (Wildman–Crippen LogP) is 4.97. The molecule has 114 valence electrons. The zero-order valence-corrected chi connectivity index (χ0v) is 13.8. The summed E-state index contributed by atoms with van der Waals surface area (Å²) < 4.78 is 31.9. The molecule has 0 fully saturated rings. The van der Waals surface area contributed by atoms with Gasteiger partial charge >= 0.3 is 0 Å². The molecule has 3 aromatic rings. The summed E-state index contributed by atoms with van der Waals surface area (Å²) in [5.41, 5.74) is 4.05. The van der Waals surface area contributed by atoms with E-state index in [1.165, 1.54) is 12.1 Å². The van der Waals surface area contributed by atoms with Crippen molar-refractivity contribution < 1.29 is 13.0 Å². The molecule has 1 aromatic heterocycles. The van der Waals surface area contributed by atoms with Crippen LogP contribution in [0.1, 0.15) is 22.5 Å². The van der Waals surface area contributed by atoms with Gasteiger partial charge in [0.2, 0.25) is 0 Å². The third-order valence-corrected chi connectivity index (χ3v) is 5.56. The van der Waals surface area contributed by atoms with E-state index in [1.54, 1.807) is 12.1 Å². The monoisotopic (exact) mass is 316 g/mol. The summed E-state index contributed by atoms with van der Waals surface area (Å²) >= 11 is 0. The van der Waals surface area contributed by atoms with E-state index in [2.05, 4.69) is 6.07 Å². The molecule has 1 heterocycles. The van der Waals surface area contributed by atoms with E-state index in [0.717, 1.165) is 27.7 Å². The number of halogens is 1. The van der Waals surface area contributed by atoms with Crippen LogP contribution >= 0.6 is 0 Å². The van der Waals surface area contributed by atoms with Gasteiger partial charge in [0.05, 0.1) is 15.7 Å². The second-order valence-corrected chi connectivity index (χ2v) is 6.97. The van der Waals surface area contributed by atoms with E-state index < -0.39 is 10.8 Å². The van der Waals surface area contributed by atoms with Gasteiger partial charge in [-0.3, -0.25) is 0 Å². The zero-order valence-electron chi connectivity index (χ0n) is 13.0. The van der Waals surface area contributed by atoms with Gasteiger partial charge < -0.3 is 4.42 Å². The molecule has 0 N–H and O–H groups in total. The number of hydrogen-bond donors (Lipinski definition) is 0. The molecular formula is C18H17FO2S. The number of benzene rings is 2. The van der Waals surface area contributed by atoms with Gasteiger partial charge in [0.25, 0.3) is 0 Å². The topological polar surface area (TPSA) is 30.2 Å². The smallest absolute Gasteiger partial charge is 0.138 e. The molecule has 2 aromatic carbocycles. The van der Waals surface area contributed by atoms with Crippen molar-refractivity contribution in [3.8, 4) is 0 Å². The molecular weight excluding hydrogens is 299 g/mol. The van der Waals surface area contributed by atoms with Crippen LogP contribution in [0.4, 0.5) is 4.39 Å². The van der Waals surface area contributed by atoms with Crippen LogP contribution in [0.5, 0.6) is 0 Å². The Balaban J connectivity index is 2.27. The third kappa shape index (κ3) is 2.28. The van der Waals surface area contributed by atoms with Crippen molar-refractivity contribution in [3.63, 3.8) is 0 Å². The van der Waals surface area contributed by atoms with Crippen molar-refractivity contribution in [1.29, 1.82) is 0 Å². The van der Waals surface area contributed by atoms with Crippen LogP contribution in [0.15, 0.2) is 44.5 Å². The Morgan fingerprint density at radius 3 is 2.27 bits per heavy atom. The number of fused-ring (bicyclic) bond motifs is 1. The first-order chi connectivity index (χ1) is 10.4. The van der Waals surface area contributed by atoms with E-state index in [1.807, 2.05) is 27.7 Å². The van der Waals surface area contributed by atoms with Crippen LogP contribution in [-0.4, -0.2) is 4.21 Å². The van der Waals surface area contributed by atoms with Crippen molar-refractivity contribution in [2.75, 3.05) is 0 Å². The fraction of sp³-hybridized carbons (Fsp3) is 0.222. The minimum atomic E-state index is -1.40. The summed E-state index contributed by atoms with van der Waals surface area (Å²) in [6.07, 6.45) is 0. The minimum absolute atomic E-state index is 0.336. The molecule has 2 nitrogen and oxygen atoms in total. The average molecular weight is 316 g/mol. The van der Waals surface area contributed by atoms with E-state index in [-0.39, 0.29) is 5.82 Å². The van der Waals surface area contributed by atoms with Gasteiger partial charge in [0, 0.05) is 10.3 Å². The summed E-state index contributed by atoms with van der Waals surface area (Å²) in [6, 6.07) is 7.85. The molecule has 0 spiro atoms. The Bertz CT molecular complexity index is 892. The fourth-order valence-electron chi connectivity index (χ4n) is 2.74. The van der Waals surface area contributed by atoms with E-state index in [9.17, 15) is 8.60 Å². The highest BCUT2D eigenvalue weighted by atomic mass is 32.2. The second kappa shape index (κ2) is 5.36. The number of aryl methyl sites for hydroxylation is 4. The molecule has 1 atom stereocenters. The Hall–Kier alpha value is -1.94. The lowest BCUT2D eigenvalue weighted by atomic mass is 10.0. The molecule has 4 heteroatoms. The summed E-state index contributed by atoms with van der Waals surface area (Å²) in [6.45, 7) is 7.86. The van der Waals surface area contributed by atoms with Crippen LogP contribution in [0, 0.1) is 33.5 Å². The van der Waals surface area contributed by atoms with Crippen LogP contribution in [0.3, 0.4) is 0 Å². The normalized spacial score (nSPS) is 12.8. The quantitative estimate of drug-likeness (QED) is 0.668. The van der Waals surface area contributed by atoms with Gasteiger partial charge in [-0.05, 0) is 68.7 Å². The number of hydrogen-bond acceptors (Lipinski definition) is 2. The number of furan rings is 1. The molecule has 0 aliphatic carbocycles. The molecule has 3 rings (SSSR count). The van der Waals surface area contributed by atoms with E-state index >= 15 is 0 Å². The van der Waals surface area contributed by atoms with Gasteiger partial charge in [-0.2, -0.15) is 0 Å². The first-order valence-electron chi connectivity index (χ1n) is 7.07. The van der Waals surface area contributed by atoms with Gasteiger partial charge in [0.1, 0.15) is 17.2 Å². The maximum Gasteiger partial charge on any atom is 0.138 e. The first-order valence-corrected chi connectivity index (χ1v) is 8.22. The average Bonchev–Trinajstić information content (AvgIpc) is 2.83. The highest BCUT2D eigenvalue weighted by Gasteiger charge is 2.22. The van der Waals surface area contributed by atoms with Crippen molar-refractivity contribution in [1.82, 2.24) is 0 Å². The van der Waals surface area contributed by atoms with Crippen LogP contribution < -0.4 is 0 Å². The second-order valence-electron chi connectivity index (χ2n) is 5.55. The van der Waals surface area contributed by atoms with Crippen LogP contribution in [-0.2, 0) is 10.8 Å². The SMILES string of the molecule is Cc1cc(C)c2c([S@@](=O)c3ccc(F)cc3)c(C)oc2c1C. The van der Waals surface area contributed by atoms with Crippen molar-refractivity contribution in [2.24, 2.45) is 0 Å². The van der Waals surface area contributed by atoms with Crippen LogP contribution in [0.25, 0.3) is 11.0 Å². The fourth-order valence-corrected chi connectivity index (χ4v) is 4.10. The summed E-state index contributed by atoms with van der Waals surface area (Å²) in [5, 5.41) is 0.906. The van der Waals surface area contributed by atoms with Crippen molar-refractivity contribution >= 4 is 21.8 Å². The molecule has 0 saturated carbocycles. The third-order valence-electron chi connectivity index (χ3n) is 4.00. The Labute approximate surface area is 131 Å². The Morgan fingerprint density at radius 1 is 1.00 bits per heavy atom. The summed E-state index contributed by atoms with van der Waals surface area (Å²) in [7, 11) is -1.40. The summed E-state index contributed by atoms with van der Waals surface area (Å²) in [4.78, 5) is 1.26. The summed E-state index contributed by atoms with van der Waals surface area (Å²) in [5.74, 6) is 0.312. The van der Waals surface area contributed by atoms with Gasteiger partial charge in [-0.15, -0.1) is 0 Å². The molecule has 0 bridgehead atoms. The van der Waals surface area contributed by atoms with Gasteiger partial charge in [-0.25, -0.2) is 8.60 Å². The molecule has 0 aliphatic rings. The number of rotatable bonds is 2. The van der Waals surface area contributed by atoms with Crippen molar-refractivity contribution in [2.45, 2.75) is 37.5 Å². The lowest BCUT2D eigenvalue weighted by Gasteiger charge is -2.06. The lowest BCUT2D eigenvalue weighted by molar-refractivity contribution is 0.564. The highest BCUT2D eigenvalue weighted by molar-refractivity contribution is 7.85. The maximum atomic E-state index is 13.1. The standard InChI is InChI=1S/C18H17FO2S/c1-10-9-11(2)16-17(12(10)3)21-13(4)18(16)22(20)15-7-5-14(19)6-8-15/h5-9H,1-4H3/t22-/m0/s1. The Kier molecular flexibility index (Phi) is 3.65. The molecule has 0 aliphatic heterocycles. The van der Waals surface area contributed by atoms with Gasteiger partial charge in [-0.1, -0.05) is 6.07 Å². The molecule has 0 amide bonds. The maximum absolute atomic E-state index is 13.1. The van der Waals surface area contributed by atoms with Crippen LogP contribution in [0.2, 0.25) is 0 Å².